The first-order valence-corrected chi connectivity index (χ1v) is 7.42. The fourth-order valence-electron chi connectivity index (χ4n) is 2.58. The number of hydrogen-bond acceptors (Lipinski definition) is 4. The zero-order chi connectivity index (χ0) is 11.8. The van der Waals surface area contributed by atoms with Crippen LogP contribution in [0, 0.1) is 0 Å². The SMILES string of the molecule is CC1CN(C)CCN1S(=O)(=O)C1CCNC1. The van der Waals surface area contributed by atoms with Crippen LogP contribution < -0.4 is 5.32 Å². The smallest absolute Gasteiger partial charge is 0.218 e. The van der Waals surface area contributed by atoms with Gasteiger partial charge in [0.25, 0.3) is 0 Å². The van der Waals surface area contributed by atoms with Crippen LogP contribution in [-0.4, -0.2) is 68.7 Å². The van der Waals surface area contributed by atoms with E-state index >= 15 is 0 Å². The number of likely N-dealkylation sites (N-methyl/N-ethyl adjacent to an activating group) is 1. The minimum absolute atomic E-state index is 0.101. The average molecular weight is 247 g/mol. The van der Waals surface area contributed by atoms with Gasteiger partial charge in [-0.15, -0.1) is 0 Å². The van der Waals surface area contributed by atoms with E-state index in [4.69, 9.17) is 0 Å². The van der Waals surface area contributed by atoms with E-state index in [1.54, 1.807) is 4.31 Å². The van der Waals surface area contributed by atoms with Crippen molar-refractivity contribution < 1.29 is 8.42 Å². The van der Waals surface area contributed by atoms with Crippen LogP contribution in [0.4, 0.5) is 0 Å². The minimum atomic E-state index is -3.09. The Balaban J connectivity index is 2.10. The Hall–Kier alpha value is -0.170. The third-order valence-electron chi connectivity index (χ3n) is 3.53. The quantitative estimate of drug-likeness (QED) is 0.702. The number of nitrogens with one attached hydrogen (secondary N) is 1. The number of rotatable bonds is 2. The highest BCUT2D eigenvalue weighted by molar-refractivity contribution is 7.89. The van der Waals surface area contributed by atoms with Crippen molar-refractivity contribution in [2.24, 2.45) is 0 Å². The molecular weight excluding hydrogens is 226 g/mol. The molecule has 94 valence electrons. The molecule has 2 unspecified atom stereocenters. The molecule has 16 heavy (non-hydrogen) atoms. The molecule has 0 saturated carbocycles. The summed E-state index contributed by atoms with van der Waals surface area (Å²) in [5.74, 6) is 0. The van der Waals surface area contributed by atoms with Crippen molar-refractivity contribution in [3.05, 3.63) is 0 Å². The molecule has 2 aliphatic heterocycles. The van der Waals surface area contributed by atoms with Gasteiger partial charge in [0.05, 0.1) is 5.25 Å². The number of hydrogen-bond donors (Lipinski definition) is 1. The van der Waals surface area contributed by atoms with Crippen LogP contribution in [0.3, 0.4) is 0 Å². The Morgan fingerprint density at radius 3 is 2.62 bits per heavy atom. The van der Waals surface area contributed by atoms with Crippen molar-refractivity contribution in [3.8, 4) is 0 Å². The Labute approximate surface area is 97.8 Å². The summed E-state index contributed by atoms with van der Waals surface area (Å²) < 4.78 is 26.4. The fraction of sp³-hybridized carbons (Fsp3) is 1.00. The fourth-order valence-corrected chi connectivity index (χ4v) is 4.61. The highest BCUT2D eigenvalue weighted by Gasteiger charge is 2.38. The normalized spacial score (nSPS) is 34.4. The lowest BCUT2D eigenvalue weighted by atomic mass is 10.2. The zero-order valence-corrected chi connectivity index (χ0v) is 10.8. The van der Waals surface area contributed by atoms with Crippen LogP contribution in [0.5, 0.6) is 0 Å². The molecule has 2 rings (SSSR count). The Bertz CT molecular complexity index is 338. The summed E-state index contributed by atoms with van der Waals surface area (Å²) in [7, 11) is -1.05. The Kier molecular flexibility index (Phi) is 3.53. The van der Waals surface area contributed by atoms with Crippen molar-refractivity contribution in [2.75, 3.05) is 39.8 Å². The van der Waals surface area contributed by atoms with E-state index in [1.165, 1.54) is 0 Å². The number of nitrogens with zero attached hydrogens (tertiary/aromatic N) is 2. The summed E-state index contributed by atoms with van der Waals surface area (Å²) >= 11 is 0. The largest absolute Gasteiger partial charge is 0.315 e. The van der Waals surface area contributed by atoms with Gasteiger partial charge in [-0.2, -0.15) is 4.31 Å². The average Bonchev–Trinajstić information content (AvgIpc) is 2.69. The predicted octanol–water partition coefficient (Wildman–Crippen LogP) is -0.686. The third-order valence-corrected chi connectivity index (χ3v) is 5.97. The molecule has 2 saturated heterocycles. The monoisotopic (exact) mass is 247 g/mol. The summed E-state index contributed by atoms with van der Waals surface area (Å²) in [5.41, 5.74) is 0. The van der Waals surface area contributed by atoms with Crippen LogP contribution in [0.25, 0.3) is 0 Å². The molecule has 0 aromatic heterocycles. The first-order valence-electron chi connectivity index (χ1n) is 5.91. The van der Waals surface area contributed by atoms with Crippen molar-refractivity contribution in [2.45, 2.75) is 24.6 Å². The molecule has 5 nitrogen and oxygen atoms in total. The maximum absolute atomic E-state index is 12.4. The number of sulfonamides is 1. The van der Waals surface area contributed by atoms with Gasteiger partial charge in [0, 0.05) is 32.2 Å². The minimum Gasteiger partial charge on any atom is -0.315 e. The summed E-state index contributed by atoms with van der Waals surface area (Å²) in [4.78, 5) is 2.18. The first-order chi connectivity index (χ1) is 7.51. The Morgan fingerprint density at radius 2 is 2.06 bits per heavy atom. The summed E-state index contributed by atoms with van der Waals surface area (Å²) in [6.07, 6.45) is 0.751. The highest BCUT2D eigenvalue weighted by atomic mass is 32.2. The van der Waals surface area contributed by atoms with Crippen molar-refractivity contribution in [1.82, 2.24) is 14.5 Å². The van der Waals surface area contributed by atoms with E-state index < -0.39 is 10.0 Å². The van der Waals surface area contributed by atoms with Gasteiger partial charge >= 0.3 is 0 Å². The summed E-state index contributed by atoms with van der Waals surface area (Å²) in [6.45, 7) is 5.74. The van der Waals surface area contributed by atoms with Crippen molar-refractivity contribution >= 4 is 10.0 Å². The van der Waals surface area contributed by atoms with E-state index in [2.05, 4.69) is 10.2 Å². The lowest BCUT2D eigenvalue weighted by Gasteiger charge is -2.38. The Morgan fingerprint density at radius 1 is 1.31 bits per heavy atom. The second-order valence-electron chi connectivity index (χ2n) is 4.88. The van der Waals surface area contributed by atoms with Gasteiger partial charge in [-0.25, -0.2) is 8.42 Å². The van der Waals surface area contributed by atoms with Gasteiger partial charge in [0.15, 0.2) is 0 Å². The molecular formula is C10H21N3O2S. The molecule has 2 aliphatic rings. The highest BCUT2D eigenvalue weighted by Crippen LogP contribution is 2.20. The molecule has 2 atom stereocenters. The lowest BCUT2D eigenvalue weighted by molar-refractivity contribution is 0.169. The molecule has 1 N–H and O–H groups in total. The zero-order valence-electron chi connectivity index (χ0n) is 10.0. The topological polar surface area (TPSA) is 52.7 Å². The molecule has 2 heterocycles. The second kappa shape index (κ2) is 4.60. The van der Waals surface area contributed by atoms with Crippen LogP contribution in [-0.2, 0) is 10.0 Å². The van der Waals surface area contributed by atoms with E-state index in [-0.39, 0.29) is 11.3 Å². The van der Waals surface area contributed by atoms with E-state index in [0.717, 1.165) is 26.1 Å². The van der Waals surface area contributed by atoms with E-state index in [0.29, 0.717) is 13.1 Å². The van der Waals surface area contributed by atoms with Gasteiger partial charge in [-0.1, -0.05) is 0 Å². The lowest BCUT2D eigenvalue weighted by Crippen LogP contribution is -2.55. The molecule has 0 aromatic carbocycles. The molecule has 0 aromatic rings. The molecule has 6 heteroatoms. The molecule has 0 amide bonds. The van der Waals surface area contributed by atoms with Crippen LogP contribution >= 0.6 is 0 Å². The van der Waals surface area contributed by atoms with Gasteiger partial charge in [-0.05, 0) is 26.9 Å². The van der Waals surface area contributed by atoms with Gasteiger partial charge in [-0.3, -0.25) is 0 Å². The van der Waals surface area contributed by atoms with Crippen LogP contribution in [0.1, 0.15) is 13.3 Å². The standard InChI is InChI=1S/C10H21N3O2S/c1-9-8-12(2)5-6-13(9)16(14,15)10-3-4-11-7-10/h9-11H,3-8H2,1-2H3. The van der Waals surface area contributed by atoms with Crippen molar-refractivity contribution in [3.63, 3.8) is 0 Å². The van der Waals surface area contributed by atoms with Crippen LogP contribution in [0.15, 0.2) is 0 Å². The summed E-state index contributed by atoms with van der Waals surface area (Å²) in [5, 5.41) is 2.92. The van der Waals surface area contributed by atoms with Gasteiger partial charge in [0.2, 0.25) is 10.0 Å². The second-order valence-corrected chi connectivity index (χ2v) is 7.05. The predicted molar refractivity (Wildman–Crippen MR) is 63.9 cm³/mol. The maximum atomic E-state index is 12.4. The molecule has 0 bridgehead atoms. The van der Waals surface area contributed by atoms with Gasteiger partial charge < -0.3 is 10.2 Å². The van der Waals surface area contributed by atoms with E-state index in [1.807, 2.05) is 14.0 Å². The number of piperazine rings is 1. The van der Waals surface area contributed by atoms with E-state index in [9.17, 15) is 8.42 Å². The van der Waals surface area contributed by atoms with Gasteiger partial charge in [0.1, 0.15) is 0 Å². The van der Waals surface area contributed by atoms with Crippen LogP contribution in [0.2, 0.25) is 0 Å². The first kappa shape index (κ1) is 12.3. The molecule has 0 spiro atoms. The molecule has 0 aliphatic carbocycles. The molecule has 0 radical (unpaired) electrons. The summed E-state index contributed by atoms with van der Waals surface area (Å²) in [6, 6.07) is 0.101. The third kappa shape index (κ3) is 2.25. The molecule has 2 fully saturated rings. The van der Waals surface area contributed by atoms with Crippen molar-refractivity contribution in [1.29, 1.82) is 0 Å². The maximum Gasteiger partial charge on any atom is 0.218 e.